The van der Waals surface area contributed by atoms with Crippen LogP contribution in [0.3, 0.4) is 0 Å². The summed E-state index contributed by atoms with van der Waals surface area (Å²) in [5.74, 6) is 0. The first-order valence-electron chi connectivity index (χ1n) is 19.7. The molecule has 2 heteroatoms. The molecule has 2 nitrogen and oxygen atoms in total. The molecule has 1 heterocycles. The monoisotopic (exact) mass is 729 g/mol. The summed E-state index contributed by atoms with van der Waals surface area (Å²) in [6.07, 6.45) is 0. The van der Waals surface area contributed by atoms with Gasteiger partial charge in [-0.2, -0.15) is 0 Å². The quantitative estimate of drug-likeness (QED) is 0.169. The van der Waals surface area contributed by atoms with Crippen LogP contribution < -0.4 is 4.90 Å². The van der Waals surface area contributed by atoms with Gasteiger partial charge >= 0.3 is 0 Å². The van der Waals surface area contributed by atoms with Gasteiger partial charge in [0, 0.05) is 38.8 Å². The van der Waals surface area contributed by atoms with Crippen molar-refractivity contribution in [2.45, 2.75) is 19.3 Å². The molecule has 0 spiro atoms. The van der Waals surface area contributed by atoms with Crippen molar-refractivity contribution in [1.29, 1.82) is 0 Å². The van der Waals surface area contributed by atoms with E-state index in [1.165, 1.54) is 55.3 Å². The van der Waals surface area contributed by atoms with Crippen molar-refractivity contribution < 1.29 is 4.42 Å². The maximum Gasteiger partial charge on any atom is 0.143 e. The molecule has 1 aliphatic carbocycles. The highest BCUT2D eigenvalue weighted by Crippen LogP contribution is 2.52. The third-order valence-corrected chi connectivity index (χ3v) is 12.1. The van der Waals surface area contributed by atoms with E-state index in [-0.39, 0.29) is 5.41 Å². The molecule has 1 aromatic heterocycles. The molecule has 0 unspecified atom stereocenters. The molecule has 0 amide bonds. The van der Waals surface area contributed by atoms with Crippen molar-refractivity contribution >= 4 is 49.8 Å². The number of hydrogen-bond acceptors (Lipinski definition) is 2. The van der Waals surface area contributed by atoms with E-state index in [9.17, 15) is 0 Å². The van der Waals surface area contributed by atoms with Crippen molar-refractivity contribution in [2.24, 2.45) is 0 Å². The van der Waals surface area contributed by atoms with Gasteiger partial charge in [-0.1, -0.05) is 159 Å². The molecule has 9 aromatic carbocycles. The molecule has 0 N–H and O–H groups in total. The zero-order valence-electron chi connectivity index (χ0n) is 31.9. The zero-order chi connectivity index (χ0) is 38.1. The van der Waals surface area contributed by atoms with Gasteiger partial charge in [-0.15, -0.1) is 0 Å². The highest BCUT2D eigenvalue weighted by Gasteiger charge is 2.36. The van der Waals surface area contributed by atoms with Gasteiger partial charge in [0.1, 0.15) is 11.2 Å². The summed E-state index contributed by atoms with van der Waals surface area (Å²) in [7, 11) is 0. The molecule has 11 rings (SSSR count). The molecule has 1 aliphatic rings. The maximum absolute atomic E-state index is 6.44. The molecule has 10 aromatic rings. The molecule has 0 bridgehead atoms. The van der Waals surface area contributed by atoms with E-state index in [0.717, 1.165) is 50.1 Å². The first-order chi connectivity index (χ1) is 28.0. The minimum Gasteiger partial charge on any atom is -0.455 e. The Hall–Kier alpha value is -7.16. The van der Waals surface area contributed by atoms with Crippen molar-refractivity contribution in [2.75, 3.05) is 4.90 Å². The fourth-order valence-corrected chi connectivity index (χ4v) is 9.06. The van der Waals surface area contributed by atoms with Crippen molar-refractivity contribution in [3.63, 3.8) is 0 Å². The van der Waals surface area contributed by atoms with E-state index < -0.39 is 0 Å². The fourth-order valence-electron chi connectivity index (χ4n) is 9.06. The lowest BCUT2D eigenvalue weighted by Gasteiger charge is -2.28. The van der Waals surface area contributed by atoms with Crippen LogP contribution in [0.15, 0.2) is 205 Å². The number of rotatable bonds is 6. The van der Waals surface area contributed by atoms with Gasteiger partial charge in [-0.3, -0.25) is 0 Å². The summed E-state index contributed by atoms with van der Waals surface area (Å²) in [6.45, 7) is 4.73. The van der Waals surface area contributed by atoms with Crippen LogP contribution in [0.2, 0.25) is 0 Å². The Balaban J connectivity index is 1.01. The molecule has 0 saturated heterocycles. The van der Waals surface area contributed by atoms with Crippen molar-refractivity contribution in [3.05, 3.63) is 211 Å². The normalized spacial score (nSPS) is 12.9. The van der Waals surface area contributed by atoms with E-state index in [4.69, 9.17) is 4.42 Å². The van der Waals surface area contributed by atoms with Crippen LogP contribution in [-0.2, 0) is 5.41 Å². The van der Waals surface area contributed by atoms with Gasteiger partial charge in [0.2, 0.25) is 0 Å². The topological polar surface area (TPSA) is 16.4 Å². The third kappa shape index (κ3) is 5.48. The predicted molar refractivity (Wildman–Crippen MR) is 240 cm³/mol. The lowest BCUT2D eigenvalue weighted by molar-refractivity contribution is 0.660. The lowest BCUT2D eigenvalue weighted by atomic mass is 9.81. The van der Waals surface area contributed by atoms with Gasteiger partial charge in [-0.05, 0) is 115 Å². The van der Waals surface area contributed by atoms with E-state index in [2.05, 4.69) is 207 Å². The van der Waals surface area contributed by atoms with E-state index in [1.54, 1.807) is 0 Å². The number of fused-ring (bicyclic) bond motifs is 7. The van der Waals surface area contributed by atoms with Crippen LogP contribution in [0.25, 0.3) is 77.2 Å². The highest BCUT2D eigenvalue weighted by atomic mass is 16.3. The number of anilines is 3. The first kappa shape index (κ1) is 33.2. The van der Waals surface area contributed by atoms with Crippen LogP contribution in [-0.4, -0.2) is 0 Å². The molecule has 0 fully saturated rings. The molecule has 0 atom stereocenters. The summed E-state index contributed by atoms with van der Waals surface area (Å²) in [4.78, 5) is 2.39. The Kier molecular flexibility index (Phi) is 7.55. The third-order valence-electron chi connectivity index (χ3n) is 12.1. The standard InChI is InChI=1S/C55H39NO/c1-55(2)51-34-42(36-11-4-3-5-12-36)25-31-47(51)48-32-30-45(35-52(48)55)56(43-26-21-38(22-27-43)41-20-19-37-13-6-7-14-40(37)33-41)44-28-23-39(24-29-44)46-16-10-17-50-49-15-8-9-18-53(49)57-54(46)50/h3-35H,1-2H3. The number of nitrogens with zero attached hydrogens (tertiary/aromatic N) is 1. The van der Waals surface area contributed by atoms with E-state index in [1.807, 2.05) is 12.1 Å². The molecule has 0 aliphatic heterocycles. The molecule has 270 valence electrons. The van der Waals surface area contributed by atoms with Gasteiger partial charge in [0.15, 0.2) is 0 Å². The summed E-state index contributed by atoms with van der Waals surface area (Å²) in [5, 5.41) is 4.78. The van der Waals surface area contributed by atoms with Gasteiger partial charge < -0.3 is 9.32 Å². The zero-order valence-corrected chi connectivity index (χ0v) is 31.9. The van der Waals surface area contributed by atoms with Crippen molar-refractivity contribution in [3.8, 4) is 44.5 Å². The average Bonchev–Trinajstić information content (AvgIpc) is 3.76. The Bertz CT molecular complexity index is 3130. The smallest absolute Gasteiger partial charge is 0.143 e. The summed E-state index contributed by atoms with van der Waals surface area (Å²) < 4.78 is 6.44. The van der Waals surface area contributed by atoms with Crippen LogP contribution >= 0.6 is 0 Å². The largest absolute Gasteiger partial charge is 0.455 e. The second kappa shape index (κ2) is 13.0. The number of benzene rings is 9. The predicted octanol–water partition coefficient (Wildman–Crippen LogP) is 15.5. The highest BCUT2D eigenvalue weighted by molar-refractivity contribution is 6.09. The van der Waals surface area contributed by atoms with E-state index >= 15 is 0 Å². The molecule has 0 saturated carbocycles. The average molecular weight is 730 g/mol. The minimum atomic E-state index is -0.174. The van der Waals surface area contributed by atoms with Crippen LogP contribution in [0.5, 0.6) is 0 Å². The lowest BCUT2D eigenvalue weighted by Crippen LogP contribution is -2.16. The second-order valence-electron chi connectivity index (χ2n) is 15.8. The van der Waals surface area contributed by atoms with Crippen LogP contribution in [0, 0.1) is 0 Å². The Morgan fingerprint density at radius 1 is 0.368 bits per heavy atom. The minimum absolute atomic E-state index is 0.174. The molecular formula is C55H39NO. The summed E-state index contributed by atoms with van der Waals surface area (Å²) >= 11 is 0. The maximum atomic E-state index is 6.44. The van der Waals surface area contributed by atoms with Gasteiger partial charge in [-0.25, -0.2) is 0 Å². The first-order valence-corrected chi connectivity index (χ1v) is 19.7. The Morgan fingerprint density at radius 3 is 1.72 bits per heavy atom. The van der Waals surface area contributed by atoms with E-state index in [0.29, 0.717) is 0 Å². The number of hydrogen-bond donors (Lipinski definition) is 0. The number of para-hydroxylation sites is 2. The molecule has 0 radical (unpaired) electrons. The summed E-state index contributed by atoms with van der Waals surface area (Å²) in [5.41, 5.74) is 17.4. The molecule has 57 heavy (non-hydrogen) atoms. The SMILES string of the molecule is CC1(C)c2cc(-c3ccccc3)ccc2-c2ccc(N(c3ccc(-c4ccc5ccccc5c4)cc3)c3ccc(-c4cccc5c4oc4ccccc45)cc3)cc21. The van der Waals surface area contributed by atoms with Crippen LogP contribution in [0.1, 0.15) is 25.0 Å². The molecular weight excluding hydrogens is 691 g/mol. The Labute approximate surface area is 332 Å². The summed E-state index contributed by atoms with van der Waals surface area (Å²) in [6, 6.07) is 72.7. The fraction of sp³-hybridized carbons (Fsp3) is 0.0545. The van der Waals surface area contributed by atoms with Crippen LogP contribution in [0.4, 0.5) is 17.1 Å². The van der Waals surface area contributed by atoms with Crippen molar-refractivity contribution in [1.82, 2.24) is 0 Å². The van der Waals surface area contributed by atoms with Gasteiger partial charge in [0.05, 0.1) is 0 Å². The second-order valence-corrected chi connectivity index (χ2v) is 15.8. The van der Waals surface area contributed by atoms with Gasteiger partial charge in [0.25, 0.3) is 0 Å². The number of furan rings is 1. The Morgan fingerprint density at radius 2 is 0.930 bits per heavy atom.